The molecule has 6 nitrogen and oxygen atoms in total. The van der Waals surface area contributed by atoms with E-state index in [4.69, 9.17) is 0 Å². The first-order chi connectivity index (χ1) is 12.2. The molecule has 2 unspecified atom stereocenters. The Morgan fingerprint density at radius 2 is 2.24 bits per heavy atom. The van der Waals surface area contributed by atoms with Crippen LogP contribution in [0.1, 0.15) is 13.3 Å². The third-order valence-electron chi connectivity index (χ3n) is 4.63. The number of rotatable bonds is 4. The number of anilines is 1. The number of nitrogens with one attached hydrogen (secondary N) is 2. The van der Waals surface area contributed by atoms with E-state index in [-0.39, 0.29) is 11.8 Å². The highest BCUT2D eigenvalue weighted by atomic mass is 32.1. The van der Waals surface area contributed by atoms with Gasteiger partial charge in [0.1, 0.15) is 16.3 Å². The summed E-state index contributed by atoms with van der Waals surface area (Å²) in [6.45, 7) is 3.46. The van der Waals surface area contributed by atoms with Gasteiger partial charge in [-0.25, -0.2) is 9.97 Å². The van der Waals surface area contributed by atoms with Crippen LogP contribution in [0.15, 0.2) is 35.8 Å². The van der Waals surface area contributed by atoms with Crippen molar-refractivity contribution in [3.8, 4) is 11.5 Å². The lowest BCUT2D eigenvalue weighted by molar-refractivity contribution is -0.127. The van der Waals surface area contributed by atoms with Crippen LogP contribution in [-0.2, 0) is 4.79 Å². The number of hydrogen-bond donors (Lipinski definition) is 2. The van der Waals surface area contributed by atoms with E-state index in [9.17, 15) is 4.79 Å². The fourth-order valence-electron chi connectivity index (χ4n) is 3.11. The number of piperidine rings is 1. The second kappa shape index (κ2) is 6.76. The summed E-state index contributed by atoms with van der Waals surface area (Å²) in [5.74, 6) is 1.79. The molecule has 0 spiro atoms. The van der Waals surface area contributed by atoms with Crippen LogP contribution in [0.2, 0.25) is 0 Å². The minimum absolute atomic E-state index is 0.0456. The second-order valence-corrected chi connectivity index (χ2v) is 7.19. The van der Waals surface area contributed by atoms with Crippen LogP contribution in [0.5, 0.6) is 0 Å². The molecule has 1 aliphatic rings. The smallest absolute Gasteiger partial charge is 0.225 e. The summed E-state index contributed by atoms with van der Waals surface area (Å²) >= 11 is 1.57. The second-order valence-electron chi connectivity index (χ2n) is 6.29. The number of hydrogen-bond acceptors (Lipinski definition) is 6. The lowest BCUT2D eigenvalue weighted by Gasteiger charge is -2.28. The van der Waals surface area contributed by atoms with Crippen molar-refractivity contribution in [2.45, 2.75) is 13.3 Å². The van der Waals surface area contributed by atoms with E-state index in [1.807, 2.05) is 29.6 Å². The molecular weight excluding hydrogens is 334 g/mol. The number of aromatic nitrogens is 3. The van der Waals surface area contributed by atoms with Gasteiger partial charge in [0, 0.05) is 19.3 Å². The largest absolute Gasteiger partial charge is 0.369 e. The molecule has 7 heteroatoms. The molecule has 2 N–H and O–H groups in total. The van der Waals surface area contributed by atoms with Crippen LogP contribution in [0.25, 0.3) is 21.7 Å². The first kappa shape index (κ1) is 16.0. The number of pyridine rings is 1. The number of carbonyl (C=O) groups excluding carboxylic acids is 1. The van der Waals surface area contributed by atoms with Gasteiger partial charge in [-0.05, 0) is 35.9 Å². The van der Waals surface area contributed by atoms with Crippen molar-refractivity contribution in [1.29, 1.82) is 0 Å². The average Bonchev–Trinajstić information content (AvgIpc) is 3.10. The van der Waals surface area contributed by atoms with Crippen molar-refractivity contribution in [3.63, 3.8) is 0 Å². The van der Waals surface area contributed by atoms with Crippen molar-refractivity contribution < 1.29 is 4.79 Å². The maximum Gasteiger partial charge on any atom is 0.225 e. The van der Waals surface area contributed by atoms with Gasteiger partial charge in [-0.3, -0.25) is 9.78 Å². The Labute approximate surface area is 149 Å². The summed E-state index contributed by atoms with van der Waals surface area (Å²) in [7, 11) is 0. The lowest BCUT2D eigenvalue weighted by atomic mass is 9.87. The molecular formula is C18H19N5OS. The summed E-state index contributed by atoms with van der Waals surface area (Å²) in [6, 6.07) is 7.70. The molecule has 1 amide bonds. The Balaban J connectivity index is 1.64. The molecule has 3 aromatic rings. The highest BCUT2D eigenvalue weighted by Crippen LogP contribution is 2.29. The number of carbonyl (C=O) groups is 1. The van der Waals surface area contributed by atoms with Gasteiger partial charge >= 0.3 is 0 Å². The topological polar surface area (TPSA) is 79.8 Å². The summed E-state index contributed by atoms with van der Waals surface area (Å²) < 4.78 is 0. The van der Waals surface area contributed by atoms with E-state index in [2.05, 4.69) is 32.5 Å². The number of fused-ring (bicyclic) bond motifs is 1. The van der Waals surface area contributed by atoms with E-state index in [0.717, 1.165) is 34.7 Å². The quantitative estimate of drug-likeness (QED) is 0.754. The molecule has 1 saturated heterocycles. The summed E-state index contributed by atoms with van der Waals surface area (Å²) in [6.07, 6.45) is 2.74. The van der Waals surface area contributed by atoms with Gasteiger partial charge < -0.3 is 10.6 Å². The lowest BCUT2D eigenvalue weighted by Crippen LogP contribution is -2.44. The zero-order valence-electron chi connectivity index (χ0n) is 13.9. The molecule has 4 rings (SSSR count). The Hall–Kier alpha value is -2.54. The van der Waals surface area contributed by atoms with E-state index in [1.54, 1.807) is 17.5 Å². The van der Waals surface area contributed by atoms with Crippen molar-refractivity contribution >= 4 is 33.3 Å². The standard InChI is InChI=1S/C18H19N5OS/c1-11-5-8-20-17(24)13(11)10-21-15-12-6-9-25-18(12)23-16(22-15)14-4-2-3-7-19-14/h2-4,6-7,9,11,13H,5,8,10H2,1H3,(H,20,24)(H,21,22,23). The third-order valence-corrected chi connectivity index (χ3v) is 5.44. The van der Waals surface area contributed by atoms with Crippen LogP contribution in [0.3, 0.4) is 0 Å². The predicted molar refractivity (Wildman–Crippen MR) is 99.4 cm³/mol. The van der Waals surface area contributed by atoms with Crippen LogP contribution >= 0.6 is 11.3 Å². The SMILES string of the molecule is CC1CCNC(=O)C1CNc1nc(-c2ccccn2)nc2sccc12. The van der Waals surface area contributed by atoms with Crippen molar-refractivity contribution in [2.75, 3.05) is 18.4 Å². The zero-order valence-corrected chi connectivity index (χ0v) is 14.7. The van der Waals surface area contributed by atoms with Crippen LogP contribution < -0.4 is 10.6 Å². The number of amides is 1. The molecule has 4 heterocycles. The minimum Gasteiger partial charge on any atom is -0.369 e. The predicted octanol–water partition coefficient (Wildman–Crippen LogP) is 2.94. The maximum atomic E-state index is 12.1. The van der Waals surface area contributed by atoms with Gasteiger partial charge in [-0.2, -0.15) is 0 Å². The van der Waals surface area contributed by atoms with E-state index >= 15 is 0 Å². The average molecular weight is 353 g/mol. The summed E-state index contributed by atoms with van der Waals surface area (Å²) in [5.41, 5.74) is 0.740. The van der Waals surface area contributed by atoms with Gasteiger partial charge in [0.15, 0.2) is 5.82 Å². The van der Waals surface area contributed by atoms with Gasteiger partial charge in [0.05, 0.1) is 11.3 Å². The summed E-state index contributed by atoms with van der Waals surface area (Å²) in [5, 5.41) is 9.31. The first-order valence-electron chi connectivity index (χ1n) is 8.40. The molecule has 0 bridgehead atoms. The number of thiophene rings is 1. The molecule has 0 radical (unpaired) electrons. The Kier molecular flexibility index (Phi) is 4.31. The van der Waals surface area contributed by atoms with E-state index in [0.29, 0.717) is 18.3 Å². The fraction of sp³-hybridized carbons (Fsp3) is 0.333. The Morgan fingerprint density at radius 3 is 3.04 bits per heavy atom. The van der Waals surface area contributed by atoms with Crippen molar-refractivity contribution in [2.24, 2.45) is 11.8 Å². The monoisotopic (exact) mass is 353 g/mol. The molecule has 128 valence electrons. The van der Waals surface area contributed by atoms with Gasteiger partial charge in [-0.15, -0.1) is 11.3 Å². The highest BCUT2D eigenvalue weighted by Gasteiger charge is 2.28. The normalized spacial score (nSPS) is 20.4. The summed E-state index contributed by atoms with van der Waals surface area (Å²) in [4.78, 5) is 26.7. The first-order valence-corrected chi connectivity index (χ1v) is 9.28. The van der Waals surface area contributed by atoms with Crippen molar-refractivity contribution in [3.05, 3.63) is 35.8 Å². The van der Waals surface area contributed by atoms with E-state index in [1.165, 1.54) is 0 Å². The molecule has 0 aromatic carbocycles. The van der Waals surface area contributed by atoms with Crippen LogP contribution in [0.4, 0.5) is 5.82 Å². The van der Waals surface area contributed by atoms with Crippen LogP contribution in [-0.4, -0.2) is 33.9 Å². The number of nitrogens with zero attached hydrogens (tertiary/aromatic N) is 3. The molecule has 25 heavy (non-hydrogen) atoms. The Bertz CT molecular complexity index is 895. The molecule has 2 atom stereocenters. The highest BCUT2D eigenvalue weighted by molar-refractivity contribution is 7.16. The van der Waals surface area contributed by atoms with Gasteiger partial charge in [-0.1, -0.05) is 13.0 Å². The van der Waals surface area contributed by atoms with E-state index < -0.39 is 0 Å². The fourth-order valence-corrected chi connectivity index (χ4v) is 3.88. The van der Waals surface area contributed by atoms with Crippen LogP contribution in [0, 0.1) is 11.8 Å². The Morgan fingerprint density at radius 1 is 1.32 bits per heavy atom. The molecule has 0 aliphatic carbocycles. The maximum absolute atomic E-state index is 12.1. The molecule has 0 saturated carbocycles. The van der Waals surface area contributed by atoms with Crippen molar-refractivity contribution in [1.82, 2.24) is 20.3 Å². The zero-order chi connectivity index (χ0) is 17.2. The minimum atomic E-state index is -0.0456. The van der Waals surface area contributed by atoms with Gasteiger partial charge in [0.2, 0.25) is 5.91 Å². The molecule has 1 aliphatic heterocycles. The molecule has 3 aromatic heterocycles. The molecule has 1 fully saturated rings. The third kappa shape index (κ3) is 3.19. The van der Waals surface area contributed by atoms with Gasteiger partial charge in [0.25, 0.3) is 0 Å².